The first-order valence-electron chi connectivity index (χ1n) is 10.6. The maximum absolute atomic E-state index is 12.5. The smallest absolute Gasteiger partial charge is 0.251 e. The summed E-state index contributed by atoms with van der Waals surface area (Å²) in [6.45, 7) is 10.2. The molecule has 1 heterocycles. The Labute approximate surface area is 183 Å². The normalized spacial score (nSPS) is 15.0. The number of fused-ring (bicyclic) bond motifs is 1. The molecule has 1 unspecified atom stereocenters. The van der Waals surface area contributed by atoms with Gasteiger partial charge in [-0.1, -0.05) is 0 Å². The zero-order valence-electron chi connectivity index (χ0n) is 18.7. The molecule has 2 aromatic carbocycles. The summed E-state index contributed by atoms with van der Waals surface area (Å²) in [5, 5.41) is 5.72. The highest BCUT2D eigenvalue weighted by Crippen LogP contribution is 2.35. The summed E-state index contributed by atoms with van der Waals surface area (Å²) in [5.41, 5.74) is 3.93. The van der Waals surface area contributed by atoms with E-state index in [0.717, 1.165) is 34.6 Å². The third-order valence-electron chi connectivity index (χ3n) is 4.90. The molecule has 0 spiro atoms. The molecular formula is C25H30N2O4. The first-order valence-corrected chi connectivity index (χ1v) is 10.6. The average molecular weight is 423 g/mol. The quantitative estimate of drug-likeness (QED) is 0.644. The number of amides is 2. The van der Waals surface area contributed by atoms with E-state index >= 15 is 0 Å². The molecule has 0 saturated heterocycles. The van der Waals surface area contributed by atoms with Crippen molar-refractivity contribution in [2.24, 2.45) is 0 Å². The van der Waals surface area contributed by atoms with Crippen LogP contribution in [0.5, 0.6) is 11.5 Å². The van der Waals surface area contributed by atoms with Crippen LogP contribution < -0.4 is 20.1 Å². The number of benzene rings is 2. The Morgan fingerprint density at radius 3 is 2.71 bits per heavy atom. The number of carbonyl (C=O) groups is 2. The van der Waals surface area contributed by atoms with E-state index in [4.69, 9.17) is 9.47 Å². The second kappa shape index (κ2) is 9.69. The topological polar surface area (TPSA) is 76.7 Å². The van der Waals surface area contributed by atoms with Gasteiger partial charge in [-0.15, -0.1) is 0 Å². The van der Waals surface area contributed by atoms with E-state index in [-0.39, 0.29) is 24.0 Å². The van der Waals surface area contributed by atoms with Crippen LogP contribution in [0.25, 0.3) is 6.08 Å². The molecule has 164 valence electrons. The van der Waals surface area contributed by atoms with Crippen molar-refractivity contribution in [2.45, 2.75) is 53.2 Å². The molecule has 2 amide bonds. The molecule has 6 heteroatoms. The van der Waals surface area contributed by atoms with Crippen LogP contribution in [-0.2, 0) is 11.2 Å². The maximum atomic E-state index is 12.5. The fourth-order valence-electron chi connectivity index (χ4n) is 3.55. The molecule has 1 atom stereocenters. The Morgan fingerprint density at radius 1 is 1.26 bits per heavy atom. The molecule has 0 aromatic heterocycles. The molecule has 1 aliphatic heterocycles. The summed E-state index contributed by atoms with van der Waals surface area (Å²) < 4.78 is 11.6. The second-order valence-electron chi connectivity index (χ2n) is 8.04. The van der Waals surface area contributed by atoms with Gasteiger partial charge in [-0.25, -0.2) is 0 Å². The number of anilines is 1. The van der Waals surface area contributed by atoms with E-state index < -0.39 is 0 Å². The standard InChI is InChI=1S/C25H30N2O4/c1-6-30-22-14-19-12-17(5)31-23(19)13-18(22)7-10-24(28)27-20-8-9-21(16(4)11-20)25(29)26-15(2)3/h7-11,13-15,17H,6,12H2,1-5H3,(H,26,29)(H,27,28). The minimum atomic E-state index is -0.268. The summed E-state index contributed by atoms with van der Waals surface area (Å²) in [6.07, 6.45) is 4.19. The van der Waals surface area contributed by atoms with Gasteiger partial charge in [0.05, 0.1) is 6.61 Å². The highest BCUT2D eigenvalue weighted by atomic mass is 16.5. The lowest BCUT2D eigenvalue weighted by Crippen LogP contribution is -2.30. The van der Waals surface area contributed by atoms with Crippen LogP contribution in [0.4, 0.5) is 5.69 Å². The largest absolute Gasteiger partial charge is 0.493 e. The van der Waals surface area contributed by atoms with Gasteiger partial charge in [0.15, 0.2) is 0 Å². The van der Waals surface area contributed by atoms with Crippen molar-refractivity contribution < 1.29 is 19.1 Å². The Morgan fingerprint density at radius 2 is 2.03 bits per heavy atom. The van der Waals surface area contributed by atoms with Gasteiger partial charge in [0.2, 0.25) is 5.91 Å². The summed E-state index contributed by atoms with van der Waals surface area (Å²) in [7, 11) is 0. The molecular weight excluding hydrogens is 392 g/mol. The van der Waals surface area contributed by atoms with Crippen LogP contribution in [0.2, 0.25) is 0 Å². The fourth-order valence-corrected chi connectivity index (χ4v) is 3.55. The molecule has 1 aliphatic rings. The van der Waals surface area contributed by atoms with Crippen LogP contribution in [-0.4, -0.2) is 30.6 Å². The number of hydrogen-bond acceptors (Lipinski definition) is 4. The molecule has 0 aliphatic carbocycles. The van der Waals surface area contributed by atoms with E-state index in [9.17, 15) is 9.59 Å². The van der Waals surface area contributed by atoms with Crippen molar-refractivity contribution in [3.05, 3.63) is 58.7 Å². The summed E-state index contributed by atoms with van der Waals surface area (Å²) in [6, 6.07) is 9.20. The molecule has 0 radical (unpaired) electrons. The Kier molecular flexibility index (Phi) is 7.00. The molecule has 6 nitrogen and oxygen atoms in total. The predicted molar refractivity (Wildman–Crippen MR) is 123 cm³/mol. The first kappa shape index (κ1) is 22.4. The van der Waals surface area contributed by atoms with Gasteiger partial charge in [-0.05, 0) is 76.6 Å². The lowest BCUT2D eigenvalue weighted by Gasteiger charge is -2.12. The maximum Gasteiger partial charge on any atom is 0.251 e. The van der Waals surface area contributed by atoms with Crippen molar-refractivity contribution >= 4 is 23.6 Å². The molecule has 0 fully saturated rings. The lowest BCUT2D eigenvalue weighted by molar-refractivity contribution is -0.111. The number of hydrogen-bond donors (Lipinski definition) is 2. The van der Waals surface area contributed by atoms with Gasteiger partial charge in [0.1, 0.15) is 17.6 Å². The zero-order chi connectivity index (χ0) is 22.5. The van der Waals surface area contributed by atoms with Crippen LogP contribution in [0.1, 0.15) is 54.7 Å². The third kappa shape index (κ3) is 5.66. The van der Waals surface area contributed by atoms with Crippen molar-refractivity contribution in [3.63, 3.8) is 0 Å². The van der Waals surface area contributed by atoms with Crippen molar-refractivity contribution in [1.29, 1.82) is 0 Å². The van der Waals surface area contributed by atoms with Gasteiger partial charge in [0.25, 0.3) is 5.91 Å². The van der Waals surface area contributed by atoms with Crippen LogP contribution in [0.3, 0.4) is 0 Å². The van der Waals surface area contributed by atoms with Gasteiger partial charge < -0.3 is 20.1 Å². The van der Waals surface area contributed by atoms with Gasteiger partial charge >= 0.3 is 0 Å². The molecule has 2 aromatic rings. The molecule has 0 bridgehead atoms. The fraction of sp³-hybridized carbons (Fsp3) is 0.360. The van der Waals surface area contributed by atoms with Crippen molar-refractivity contribution in [1.82, 2.24) is 5.32 Å². The number of rotatable bonds is 7. The highest BCUT2D eigenvalue weighted by Gasteiger charge is 2.21. The van der Waals surface area contributed by atoms with Crippen molar-refractivity contribution in [3.8, 4) is 11.5 Å². The monoisotopic (exact) mass is 422 g/mol. The molecule has 3 rings (SSSR count). The Balaban J connectivity index is 1.72. The number of ether oxygens (including phenoxy) is 2. The van der Waals surface area contributed by atoms with E-state index in [1.165, 1.54) is 6.08 Å². The Hall–Kier alpha value is -3.28. The van der Waals surface area contributed by atoms with E-state index in [0.29, 0.717) is 17.9 Å². The van der Waals surface area contributed by atoms with Gasteiger partial charge in [-0.2, -0.15) is 0 Å². The number of nitrogens with one attached hydrogen (secondary N) is 2. The summed E-state index contributed by atoms with van der Waals surface area (Å²) in [4.78, 5) is 24.7. The predicted octanol–water partition coefficient (Wildman–Crippen LogP) is 4.51. The number of aryl methyl sites for hydroxylation is 1. The molecule has 2 N–H and O–H groups in total. The SMILES string of the molecule is CCOc1cc2c(cc1C=CC(=O)Nc1ccc(C(=O)NC(C)C)c(C)c1)OC(C)C2. The zero-order valence-corrected chi connectivity index (χ0v) is 18.7. The first-order chi connectivity index (χ1) is 14.8. The minimum Gasteiger partial charge on any atom is -0.493 e. The van der Waals surface area contributed by atoms with E-state index in [2.05, 4.69) is 10.6 Å². The lowest BCUT2D eigenvalue weighted by atomic mass is 10.1. The minimum absolute atomic E-state index is 0.0609. The third-order valence-corrected chi connectivity index (χ3v) is 4.90. The van der Waals surface area contributed by atoms with Gasteiger partial charge in [0, 0.05) is 40.9 Å². The van der Waals surface area contributed by atoms with Gasteiger partial charge in [-0.3, -0.25) is 9.59 Å². The van der Waals surface area contributed by atoms with Crippen LogP contribution in [0, 0.1) is 6.92 Å². The summed E-state index contributed by atoms with van der Waals surface area (Å²) in [5.74, 6) is 1.18. The van der Waals surface area contributed by atoms with E-state index in [1.807, 2.05) is 46.8 Å². The highest BCUT2D eigenvalue weighted by molar-refractivity contribution is 6.03. The average Bonchev–Trinajstić information content (AvgIpc) is 3.04. The Bertz CT molecular complexity index is 1010. The van der Waals surface area contributed by atoms with Crippen LogP contribution in [0.15, 0.2) is 36.4 Å². The molecule has 0 saturated carbocycles. The summed E-state index contributed by atoms with van der Waals surface area (Å²) >= 11 is 0. The van der Waals surface area contributed by atoms with Crippen LogP contribution >= 0.6 is 0 Å². The second-order valence-corrected chi connectivity index (χ2v) is 8.04. The number of carbonyl (C=O) groups excluding carboxylic acids is 2. The van der Waals surface area contributed by atoms with E-state index in [1.54, 1.807) is 24.3 Å². The van der Waals surface area contributed by atoms with Crippen molar-refractivity contribution in [2.75, 3.05) is 11.9 Å². The molecule has 31 heavy (non-hydrogen) atoms.